The fourth-order valence-corrected chi connectivity index (χ4v) is 1.65. The van der Waals surface area contributed by atoms with Gasteiger partial charge in [0.15, 0.2) is 5.13 Å². The van der Waals surface area contributed by atoms with Crippen molar-refractivity contribution in [2.24, 2.45) is 0 Å². The summed E-state index contributed by atoms with van der Waals surface area (Å²) >= 11 is 1.33. The van der Waals surface area contributed by atoms with E-state index >= 15 is 0 Å². The second kappa shape index (κ2) is 4.15. The molecule has 0 saturated carbocycles. The van der Waals surface area contributed by atoms with Crippen LogP contribution in [0.2, 0.25) is 0 Å². The molecule has 7 heteroatoms. The van der Waals surface area contributed by atoms with E-state index in [1.165, 1.54) is 23.5 Å². The molecule has 0 spiro atoms. The molecule has 0 aliphatic heterocycles. The summed E-state index contributed by atoms with van der Waals surface area (Å²) in [7, 11) is 0. The van der Waals surface area contributed by atoms with Crippen molar-refractivity contribution in [3.05, 3.63) is 39.8 Å². The van der Waals surface area contributed by atoms with E-state index in [-0.39, 0.29) is 5.69 Å². The fourth-order valence-electron chi connectivity index (χ4n) is 1.16. The van der Waals surface area contributed by atoms with Crippen LogP contribution in [0.4, 0.5) is 22.3 Å². The number of nitro groups is 1. The first-order chi connectivity index (χ1) is 7.65. The van der Waals surface area contributed by atoms with Crippen LogP contribution < -0.4 is 11.1 Å². The van der Waals surface area contributed by atoms with Gasteiger partial charge in [-0.15, -0.1) is 11.3 Å². The van der Waals surface area contributed by atoms with Crippen molar-refractivity contribution in [2.45, 2.75) is 0 Å². The van der Waals surface area contributed by atoms with Crippen LogP contribution in [0.5, 0.6) is 0 Å². The molecular formula is C9H8N4O2S. The number of hydrogen-bond donors (Lipinski definition) is 2. The molecule has 2 rings (SSSR count). The molecule has 0 saturated heterocycles. The average molecular weight is 236 g/mol. The number of nitrogen functional groups attached to an aromatic ring is 1. The van der Waals surface area contributed by atoms with Gasteiger partial charge in [-0.3, -0.25) is 10.1 Å². The highest BCUT2D eigenvalue weighted by Crippen LogP contribution is 2.22. The lowest BCUT2D eigenvalue weighted by Gasteiger charge is -2.01. The Labute approximate surface area is 94.9 Å². The zero-order valence-corrected chi connectivity index (χ0v) is 8.90. The largest absolute Gasteiger partial charge is 0.375 e. The number of nitrogens with zero attached hydrogens (tertiary/aromatic N) is 2. The van der Waals surface area contributed by atoms with Crippen LogP contribution in [0.1, 0.15) is 0 Å². The summed E-state index contributed by atoms with van der Waals surface area (Å²) in [6.07, 6.45) is 0. The fraction of sp³-hybridized carbons (Fsp3) is 0. The molecule has 0 fully saturated rings. The maximum Gasteiger partial charge on any atom is 0.269 e. The number of aromatic nitrogens is 1. The van der Waals surface area contributed by atoms with E-state index in [4.69, 9.17) is 5.73 Å². The van der Waals surface area contributed by atoms with Crippen LogP contribution in [0.3, 0.4) is 0 Å². The Morgan fingerprint density at radius 2 is 2.06 bits per heavy atom. The lowest BCUT2D eigenvalue weighted by molar-refractivity contribution is -0.384. The summed E-state index contributed by atoms with van der Waals surface area (Å²) < 4.78 is 0. The standard InChI is InChI=1S/C9H8N4O2S/c10-9-12-8(5-16-9)11-6-1-3-7(4-2-6)13(14)15/h1-5,11H,(H2,10,12). The van der Waals surface area contributed by atoms with E-state index < -0.39 is 4.92 Å². The van der Waals surface area contributed by atoms with Crippen molar-refractivity contribution in [3.8, 4) is 0 Å². The summed E-state index contributed by atoms with van der Waals surface area (Å²) in [6, 6.07) is 6.09. The second-order valence-electron chi connectivity index (χ2n) is 3.00. The minimum Gasteiger partial charge on any atom is -0.375 e. The maximum atomic E-state index is 10.4. The number of rotatable bonds is 3. The van der Waals surface area contributed by atoms with E-state index in [1.807, 2.05) is 0 Å². The number of anilines is 3. The van der Waals surface area contributed by atoms with Crippen molar-refractivity contribution in [3.63, 3.8) is 0 Å². The molecule has 0 aliphatic rings. The lowest BCUT2D eigenvalue weighted by Crippen LogP contribution is -1.92. The van der Waals surface area contributed by atoms with E-state index in [9.17, 15) is 10.1 Å². The molecule has 0 radical (unpaired) electrons. The third kappa shape index (κ3) is 2.26. The van der Waals surface area contributed by atoms with Gasteiger partial charge in [0, 0.05) is 23.2 Å². The number of hydrogen-bond acceptors (Lipinski definition) is 6. The second-order valence-corrected chi connectivity index (χ2v) is 3.89. The monoisotopic (exact) mass is 236 g/mol. The van der Waals surface area contributed by atoms with Crippen molar-refractivity contribution in [1.82, 2.24) is 4.98 Å². The molecule has 0 amide bonds. The topological polar surface area (TPSA) is 94.1 Å². The molecule has 3 N–H and O–H groups in total. The van der Waals surface area contributed by atoms with Crippen LogP contribution in [0, 0.1) is 10.1 Å². The number of nitro benzene ring substituents is 1. The summed E-state index contributed by atoms with van der Waals surface area (Å²) in [5.74, 6) is 0.636. The molecule has 0 aliphatic carbocycles. The normalized spacial score (nSPS) is 10.0. The Morgan fingerprint density at radius 3 is 2.56 bits per heavy atom. The Hall–Kier alpha value is -2.15. The van der Waals surface area contributed by atoms with Gasteiger partial charge in [-0.1, -0.05) is 0 Å². The zero-order chi connectivity index (χ0) is 11.5. The molecule has 16 heavy (non-hydrogen) atoms. The molecular weight excluding hydrogens is 228 g/mol. The minimum atomic E-state index is -0.440. The molecule has 6 nitrogen and oxygen atoms in total. The highest BCUT2D eigenvalue weighted by Gasteiger charge is 2.04. The Kier molecular flexibility index (Phi) is 2.69. The number of nitrogens with one attached hydrogen (secondary N) is 1. The molecule has 0 unspecified atom stereocenters. The first-order valence-corrected chi connectivity index (χ1v) is 5.25. The van der Waals surface area contributed by atoms with Crippen molar-refractivity contribution in [2.75, 3.05) is 11.1 Å². The number of benzene rings is 1. The summed E-state index contributed by atoms with van der Waals surface area (Å²) in [4.78, 5) is 14.0. The molecule has 1 aromatic carbocycles. The lowest BCUT2D eigenvalue weighted by atomic mass is 10.3. The van der Waals surface area contributed by atoms with Crippen LogP contribution in [0.25, 0.3) is 0 Å². The van der Waals surface area contributed by atoms with Crippen LogP contribution in [-0.2, 0) is 0 Å². The van der Waals surface area contributed by atoms with Gasteiger partial charge >= 0.3 is 0 Å². The molecule has 0 atom stereocenters. The first kappa shape index (κ1) is 10.4. The summed E-state index contributed by atoms with van der Waals surface area (Å²) in [6.45, 7) is 0. The van der Waals surface area contributed by atoms with Gasteiger partial charge in [0.1, 0.15) is 5.82 Å². The smallest absolute Gasteiger partial charge is 0.269 e. The van der Waals surface area contributed by atoms with Crippen LogP contribution in [0.15, 0.2) is 29.6 Å². The third-order valence-electron chi connectivity index (χ3n) is 1.87. The molecule has 1 heterocycles. The van der Waals surface area contributed by atoms with Crippen molar-refractivity contribution in [1.29, 1.82) is 0 Å². The molecule has 0 bridgehead atoms. The predicted molar refractivity (Wildman–Crippen MR) is 62.9 cm³/mol. The maximum absolute atomic E-state index is 10.4. The zero-order valence-electron chi connectivity index (χ0n) is 8.08. The van der Waals surface area contributed by atoms with E-state index in [0.29, 0.717) is 10.9 Å². The molecule has 2 aromatic rings. The summed E-state index contributed by atoms with van der Waals surface area (Å²) in [5, 5.41) is 15.7. The van der Waals surface area contributed by atoms with Crippen molar-refractivity contribution < 1.29 is 4.92 Å². The highest BCUT2D eigenvalue weighted by molar-refractivity contribution is 7.13. The van der Waals surface area contributed by atoms with Gasteiger partial charge in [-0.05, 0) is 12.1 Å². The van der Waals surface area contributed by atoms with Gasteiger partial charge in [-0.2, -0.15) is 0 Å². The number of thiazole rings is 1. The van der Waals surface area contributed by atoms with Crippen LogP contribution in [-0.4, -0.2) is 9.91 Å². The van der Waals surface area contributed by atoms with E-state index in [0.717, 1.165) is 5.69 Å². The molecule has 82 valence electrons. The average Bonchev–Trinajstić information content (AvgIpc) is 2.65. The Balaban J connectivity index is 2.14. The highest BCUT2D eigenvalue weighted by atomic mass is 32.1. The van der Waals surface area contributed by atoms with Crippen molar-refractivity contribution >= 4 is 33.7 Å². The van der Waals surface area contributed by atoms with E-state index in [1.54, 1.807) is 17.5 Å². The SMILES string of the molecule is Nc1nc(Nc2ccc([N+](=O)[O-])cc2)cs1. The molecule has 1 aromatic heterocycles. The van der Waals surface area contributed by atoms with E-state index in [2.05, 4.69) is 10.3 Å². The van der Waals surface area contributed by atoms with Gasteiger partial charge < -0.3 is 11.1 Å². The Morgan fingerprint density at radius 1 is 1.38 bits per heavy atom. The summed E-state index contributed by atoms with van der Waals surface area (Å²) in [5.41, 5.74) is 6.27. The van der Waals surface area contributed by atoms with Gasteiger partial charge in [-0.25, -0.2) is 4.98 Å². The van der Waals surface area contributed by atoms with Gasteiger partial charge in [0.25, 0.3) is 5.69 Å². The minimum absolute atomic E-state index is 0.0586. The van der Waals surface area contributed by atoms with Gasteiger partial charge in [0.05, 0.1) is 4.92 Å². The van der Waals surface area contributed by atoms with Crippen LogP contribution >= 0.6 is 11.3 Å². The number of non-ortho nitro benzene ring substituents is 1. The first-order valence-electron chi connectivity index (χ1n) is 4.37. The predicted octanol–water partition coefficient (Wildman–Crippen LogP) is 2.38. The van der Waals surface area contributed by atoms with Gasteiger partial charge in [0.2, 0.25) is 0 Å². The third-order valence-corrected chi connectivity index (χ3v) is 2.55. The Bertz CT molecular complexity index is 508. The number of nitrogens with two attached hydrogens (primary N) is 1. The quantitative estimate of drug-likeness (QED) is 0.630.